The highest BCUT2D eigenvalue weighted by molar-refractivity contribution is 6.36. The first-order chi connectivity index (χ1) is 7.40. The van der Waals surface area contributed by atoms with Gasteiger partial charge in [-0.05, 0) is 24.0 Å². The molecule has 5 N–H and O–H groups in total. The Hall–Kier alpha value is -1.42. The molecule has 1 unspecified atom stereocenters. The molecular weight excluding hydrogens is 228 g/mol. The third-order valence-corrected chi connectivity index (χ3v) is 3.13. The fourth-order valence-corrected chi connectivity index (χ4v) is 1.78. The average molecular weight is 243 g/mol. The summed E-state index contributed by atoms with van der Waals surface area (Å²) in [6.45, 7) is 3.87. The third-order valence-electron chi connectivity index (χ3n) is 2.71. The standard InChI is InChI=1S/C11H15ClN2O2/c1-3-5(2)8-6(11(15)16)4-7(13)9(12)10(8)14/h4-5H,3,13-14H2,1-2H3,(H,15,16). The maximum atomic E-state index is 11.1. The topological polar surface area (TPSA) is 89.3 Å². The number of carboxylic acid groups (broad SMARTS) is 1. The summed E-state index contributed by atoms with van der Waals surface area (Å²) < 4.78 is 0. The lowest BCUT2D eigenvalue weighted by molar-refractivity contribution is 0.0695. The Morgan fingerprint density at radius 2 is 2.12 bits per heavy atom. The van der Waals surface area contributed by atoms with Gasteiger partial charge in [0.15, 0.2) is 0 Å². The van der Waals surface area contributed by atoms with Gasteiger partial charge in [0.2, 0.25) is 0 Å². The van der Waals surface area contributed by atoms with Crippen LogP contribution in [0, 0.1) is 0 Å². The number of carboxylic acids is 1. The zero-order chi connectivity index (χ0) is 12.5. The Labute approximate surface area is 99.2 Å². The number of nitrogen functional groups attached to an aromatic ring is 2. The van der Waals surface area contributed by atoms with Crippen molar-refractivity contribution in [3.8, 4) is 0 Å². The lowest BCUT2D eigenvalue weighted by Crippen LogP contribution is -2.10. The Bertz CT molecular complexity index is 432. The van der Waals surface area contributed by atoms with Gasteiger partial charge in [-0.15, -0.1) is 0 Å². The van der Waals surface area contributed by atoms with Crippen LogP contribution in [0.3, 0.4) is 0 Å². The molecule has 0 amide bonds. The van der Waals surface area contributed by atoms with E-state index in [0.717, 1.165) is 6.42 Å². The Kier molecular flexibility index (Phi) is 3.65. The molecule has 0 fully saturated rings. The van der Waals surface area contributed by atoms with E-state index in [2.05, 4.69) is 0 Å². The summed E-state index contributed by atoms with van der Waals surface area (Å²) in [6, 6.07) is 1.36. The highest BCUT2D eigenvalue weighted by atomic mass is 35.5. The first kappa shape index (κ1) is 12.6. The van der Waals surface area contributed by atoms with E-state index in [0.29, 0.717) is 5.56 Å². The molecule has 16 heavy (non-hydrogen) atoms. The highest BCUT2D eigenvalue weighted by Gasteiger charge is 2.21. The zero-order valence-electron chi connectivity index (χ0n) is 9.25. The molecule has 0 aliphatic rings. The second-order valence-corrected chi connectivity index (χ2v) is 4.15. The Morgan fingerprint density at radius 1 is 1.56 bits per heavy atom. The minimum atomic E-state index is -1.04. The van der Waals surface area contributed by atoms with Crippen LogP contribution in [0.15, 0.2) is 6.07 Å². The fraction of sp³-hybridized carbons (Fsp3) is 0.364. The van der Waals surface area contributed by atoms with E-state index in [1.54, 1.807) is 0 Å². The Morgan fingerprint density at radius 3 is 2.56 bits per heavy atom. The van der Waals surface area contributed by atoms with Crippen LogP contribution in [0.1, 0.15) is 42.1 Å². The second kappa shape index (κ2) is 4.61. The molecule has 4 nitrogen and oxygen atoms in total. The van der Waals surface area contributed by atoms with Crippen LogP contribution in [0.25, 0.3) is 0 Å². The summed E-state index contributed by atoms with van der Waals surface area (Å²) in [7, 11) is 0. The van der Waals surface area contributed by atoms with Gasteiger partial charge in [-0.1, -0.05) is 25.4 Å². The fourth-order valence-electron chi connectivity index (χ4n) is 1.63. The third kappa shape index (κ3) is 2.07. The van der Waals surface area contributed by atoms with Crippen LogP contribution < -0.4 is 11.5 Å². The first-order valence-electron chi connectivity index (χ1n) is 5.00. The van der Waals surface area contributed by atoms with Gasteiger partial charge in [-0.25, -0.2) is 4.79 Å². The van der Waals surface area contributed by atoms with E-state index in [1.807, 2.05) is 13.8 Å². The quantitative estimate of drug-likeness (QED) is 0.711. The minimum Gasteiger partial charge on any atom is -0.478 e. The van der Waals surface area contributed by atoms with Gasteiger partial charge in [0, 0.05) is 0 Å². The average Bonchev–Trinajstić information content (AvgIpc) is 2.24. The molecule has 1 aromatic carbocycles. The smallest absolute Gasteiger partial charge is 0.336 e. The number of halogens is 1. The molecule has 0 aliphatic heterocycles. The van der Waals surface area contributed by atoms with Crippen molar-refractivity contribution in [3.05, 3.63) is 22.2 Å². The number of aromatic carboxylic acids is 1. The molecule has 0 aromatic heterocycles. The molecule has 88 valence electrons. The van der Waals surface area contributed by atoms with Crippen molar-refractivity contribution >= 4 is 28.9 Å². The second-order valence-electron chi connectivity index (χ2n) is 3.77. The van der Waals surface area contributed by atoms with E-state index < -0.39 is 5.97 Å². The molecule has 0 bridgehead atoms. The van der Waals surface area contributed by atoms with Crippen LogP contribution in [0.2, 0.25) is 5.02 Å². The summed E-state index contributed by atoms with van der Waals surface area (Å²) in [5.74, 6) is -1.01. The summed E-state index contributed by atoms with van der Waals surface area (Å²) in [5, 5.41) is 9.33. The van der Waals surface area contributed by atoms with Crippen LogP contribution in [-0.2, 0) is 0 Å². The summed E-state index contributed by atoms with van der Waals surface area (Å²) in [6.07, 6.45) is 0.782. The van der Waals surface area contributed by atoms with E-state index in [9.17, 15) is 4.79 Å². The Balaban J connectivity index is 3.54. The maximum absolute atomic E-state index is 11.1. The minimum absolute atomic E-state index is 0.0317. The SMILES string of the molecule is CCC(C)c1c(C(=O)O)cc(N)c(Cl)c1N. The zero-order valence-corrected chi connectivity index (χ0v) is 10.0. The monoisotopic (exact) mass is 242 g/mol. The van der Waals surface area contributed by atoms with Gasteiger partial charge in [-0.2, -0.15) is 0 Å². The van der Waals surface area contributed by atoms with Crippen molar-refractivity contribution in [3.63, 3.8) is 0 Å². The summed E-state index contributed by atoms with van der Waals surface area (Å²) in [4.78, 5) is 11.1. The number of hydrogen-bond acceptors (Lipinski definition) is 3. The number of rotatable bonds is 3. The highest BCUT2D eigenvalue weighted by Crippen LogP contribution is 2.37. The van der Waals surface area contributed by atoms with Gasteiger partial charge >= 0.3 is 5.97 Å². The number of carbonyl (C=O) groups is 1. The normalized spacial score (nSPS) is 12.4. The lowest BCUT2D eigenvalue weighted by Gasteiger charge is -2.17. The van der Waals surface area contributed by atoms with E-state index in [1.165, 1.54) is 6.07 Å². The van der Waals surface area contributed by atoms with Crippen LogP contribution in [0.4, 0.5) is 11.4 Å². The number of anilines is 2. The van der Waals surface area contributed by atoms with Gasteiger partial charge < -0.3 is 16.6 Å². The molecule has 0 spiro atoms. The molecule has 1 atom stereocenters. The molecule has 0 aliphatic carbocycles. The first-order valence-corrected chi connectivity index (χ1v) is 5.38. The van der Waals surface area contributed by atoms with E-state index in [4.69, 9.17) is 28.2 Å². The van der Waals surface area contributed by atoms with Gasteiger partial charge in [0.05, 0.1) is 22.0 Å². The van der Waals surface area contributed by atoms with Crippen molar-refractivity contribution in [1.29, 1.82) is 0 Å². The molecule has 1 rings (SSSR count). The van der Waals surface area contributed by atoms with E-state index in [-0.39, 0.29) is 27.9 Å². The predicted octanol–water partition coefficient (Wildman–Crippen LogP) is 2.72. The van der Waals surface area contributed by atoms with Crippen molar-refractivity contribution in [2.45, 2.75) is 26.2 Å². The van der Waals surface area contributed by atoms with Gasteiger partial charge in [0.25, 0.3) is 0 Å². The molecule has 0 radical (unpaired) electrons. The van der Waals surface area contributed by atoms with Gasteiger partial charge in [0.1, 0.15) is 0 Å². The lowest BCUT2D eigenvalue weighted by atomic mass is 9.91. The molecule has 0 saturated carbocycles. The number of hydrogen-bond donors (Lipinski definition) is 3. The van der Waals surface area contributed by atoms with Gasteiger partial charge in [-0.3, -0.25) is 0 Å². The summed E-state index contributed by atoms with van der Waals surface area (Å²) >= 11 is 5.92. The predicted molar refractivity (Wildman–Crippen MR) is 65.9 cm³/mol. The van der Waals surface area contributed by atoms with Crippen LogP contribution in [-0.4, -0.2) is 11.1 Å². The van der Waals surface area contributed by atoms with Crippen molar-refractivity contribution in [2.75, 3.05) is 11.5 Å². The summed E-state index contributed by atoms with van der Waals surface area (Å²) in [5.41, 5.74) is 12.6. The number of nitrogens with two attached hydrogens (primary N) is 2. The van der Waals surface area contributed by atoms with Crippen LogP contribution in [0.5, 0.6) is 0 Å². The van der Waals surface area contributed by atoms with Crippen LogP contribution >= 0.6 is 11.6 Å². The largest absolute Gasteiger partial charge is 0.478 e. The van der Waals surface area contributed by atoms with E-state index >= 15 is 0 Å². The molecule has 0 saturated heterocycles. The van der Waals surface area contributed by atoms with Crippen molar-refractivity contribution < 1.29 is 9.90 Å². The molecular formula is C11H15ClN2O2. The van der Waals surface area contributed by atoms with Crippen molar-refractivity contribution in [2.24, 2.45) is 0 Å². The molecule has 0 heterocycles. The maximum Gasteiger partial charge on any atom is 0.336 e. The number of benzene rings is 1. The molecule has 5 heteroatoms. The van der Waals surface area contributed by atoms with Crippen molar-refractivity contribution in [1.82, 2.24) is 0 Å². The molecule has 1 aromatic rings.